The molecule has 0 radical (unpaired) electrons. The number of halogens is 4. The number of carbonyl (C=O) groups is 1. The molecule has 0 amide bonds. The van der Waals surface area contributed by atoms with E-state index in [1.807, 2.05) is 0 Å². The number of aliphatic imine (C=N–C) groups is 1. The van der Waals surface area contributed by atoms with Crippen LogP contribution in [-0.2, 0) is 9.53 Å². The maximum absolute atomic E-state index is 13.4. The van der Waals surface area contributed by atoms with Gasteiger partial charge in [0.05, 0.1) is 24.0 Å². The molecule has 1 aromatic heterocycles. The molecule has 0 aliphatic rings. The molecular weight excluding hydrogens is 342 g/mol. The molecule has 0 spiro atoms. The smallest absolute Gasteiger partial charge is 0.434 e. The van der Waals surface area contributed by atoms with Crippen LogP contribution in [0.5, 0.6) is 0 Å². The lowest BCUT2D eigenvalue weighted by Crippen LogP contribution is -2.30. The molecule has 0 bridgehead atoms. The molecular formula is C16H13F4N3O2. The first-order valence-electron chi connectivity index (χ1n) is 7.07. The predicted molar refractivity (Wildman–Crippen MR) is 83.8 cm³/mol. The van der Waals surface area contributed by atoms with E-state index >= 15 is 0 Å². The molecule has 25 heavy (non-hydrogen) atoms. The molecule has 0 saturated heterocycles. The topological polar surface area (TPSA) is 77.6 Å². The molecule has 2 aromatic rings. The van der Waals surface area contributed by atoms with Crippen molar-refractivity contribution in [3.8, 4) is 0 Å². The molecule has 0 saturated carbocycles. The van der Waals surface area contributed by atoms with E-state index in [9.17, 15) is 22.4 Å². The Balaban J connectivity index is 2.67. The zero-order valence-electron chi connectivity index (χ0n) is 13.0. The van der Waals surface area contributed by atoms with E-state index in [2.05, 4.69) is 14.7 Å². The second-order valence-electron chi connectivity index (χ2n) is 4.76. The highest BCUT2D eigenvalue weighted by atomic mass is 19.4. The van der Waals surface area contributed by atoms with Gasteiger partial charge in [-0.2, -0.15) is 13.2 Å². The van der Waals surface area contributed by atoms with Gasteiger partial charge in [-0.15, -0.1) is 0 Å². The quantitative estimate of drug-likeness (QED) is 0.395. The van der Waals surface area contributed by atoms with Gasteiger partial charge in [-0.3, -0.25) is 4.98 Å². The van der Waals surface area contributed by atoms with E-state index in [-0.39, 0.29) is 23.2 Å². The van der Waals surface area contributed by atoms with Crippen LogP contribution < -0.4 is 5.73 Å². The first-order valence-corrected chi connectivity index (χ1v) is 7.07. The van der Waals surface area contributed by atoms with Crippen molar-refractivity contribution in [2.24, 2.45) is 10.7 Å². The number of alkyl halides is 3. The van der Waals surface area contributed by atoms with Crippen molar-refractivity contribution >= 4 is 28.3 Å². The number of fused-ring (bicyclic) bond motifs is 1. The number of nitrogens with two attached hydrogens (primary N) is 1. The normalized spacial score (nSPS) is 13.2. The van der Waals surface area contributed by atoms with E-state index in [0.29, 0.717) is 6.20 Å². The first-order chi connectivity index (χ1) is 11.8. The minimum atomic E-state index is -4.99. The van der Waals surface area contributed by atoms with Crippen molar-refractivity contribution in [1.29, 1.82) is 0 Å². The van der Waals surface area contributed by atoms with Crippen LogP contribution in [0.1, 0.15) is 6.92 Å². The highest BCUT2D eigenvalue weighted by Gasteiger charge is 2.41. The van der Waals surface area contributed by atoms with Gasteiger partial charge in [0.25, 0.3) is 0 Å². The Bertz CT molecular complexity index is 860. The Hall–Kier alpha value is -2.97. The second kappa shape index (κ2) is 7.29. The second-order valence-corrected chi connectivity index (χ2v) is 4.76. The van der Waals surface area contributed by atoms with Crippen LogP contribution in [0.15, 0.2) is 47.2 Å². The molecule has 0 fully saturated rings. The Kier molecular flexibility index (Phi) is 5.35. The summed E-state index contributed by atoms with van der Waals surface area (Å²) >= 11 is 0. The zero-order chi connectivity index (χ0) is 18.6. The maximum atomic E-state index is 13.4. The van der Waals surface area contributed by atoms with Gasteiger partial charge >= 0.3 is 12.1 Å². The Morgan fingerprint density at radius 1 is 1.40 bits per heavy atom. The number of ether oxygens (including phenoxy) is 1. The van der Waals surface area contributed by atoms with Crippen molar-refractivity contribution in [2.75, 3.05) is 6.61 Å². The SMILES string of the molecule is CCOC(=O)C(=CN)C(=Nc1cccc2ncc(F)cc12)C(F)(F)F. The molecule has 2 rings (SSSR count). The minimum Gasteiger partial charge on any atom is -0.462 e. The van der Waals surface area contributed by atoms with Crippen LogP contribution in [0.4, 0.5) is 23.2 Å². The van der Waals surface area contributed by atoms with E-state index < -0.39 is 29.2 Å². The van der Waals surface area contributed by atoms with Crippen LogP contribution >= 0.6 is 0 Å². The number of aromatic nitrogens is 1. The molecule has 0 aliphatic heterocycles. The third kappa shape index (κ3) is 4.11. The summed E-state index contributed by atoms with van der Waals surface area (Å²) in [6.07, 6.45) is -3.57. The summed E-state index contributed by atoms with van der Waals surface area (Å²) in [5.74, 6) is -1.99. The molecule has 1 heterocycles. The van der Waals surface area contributed by atoms with Gasteiger partial charge in [-0.25, -0.2) is 14.2 Å². The van der Waals surface area contributed by atoms with Gasteiger partial charge in [-0.05, 0) is 25.1 Å². The van der Waals surface area contributed by atoms with Gasteiger partial charge in [-0.1, -0.05) is 6.07 Å². The lowest BCUT2D eigenvalue weighted by atomic mass is 10.1. The average molecular weight is 355 g/mol. The zero-order valence-corrected chi connectivity index (χ0v) is 13.0. The Morgan fingerprint density at radius 3 is 2.72 bits per heavy atom. The third-order valence-electron chi connectivity index (χ3n) is 3.09. The fraction of sp³-hybridized carbons (Fsp3) is 0.188. The van der Waals surface area contributed by atoms with Crippen LogP contribution in [-0.4, -0.2) is 29.4 Å². The van der Waals surface area contributed by atoms with Gasteiger partial charge in [0.2, 0.25) is 0 Å². The summed E-state index contributed by atoms with van der Waals surface area (Å²) in [5, 5.41) is 0.0597. The molecule has 0 aliphatic carbocycles. The van der Waals surface area contributed by atoms with Crippen molar-refractivity contribution in [3.63, 3.8) is 0 Å². The van der Waals surface area contributed by atoms with Crippen LogP contribution in [0.25, 0.3) is 10.9 Å². The number of hydrogen-bond donors (Lipinski definition) is 1. The number of rotatable bonds is 4. The third-order valence-corrected chi connectivity index (χ3v) is 3.09. The van der Waals surface area contributed by atoms with Crippen molar-refractivity contribution in [2.45, 2.75) is 13.1 Å². The summed E-state index contributed by atoms with van der Waals surface area (Å²) in [4.78, 5) is 19.0. The Morgan fingerprint density at radius 2 is 2.12 bits per heavy atom. The van der Waals surface area contributed by atoms with Gasteiger partial charge in [0.1, 0.15) is 11.4 Å². The summed E-state index contributed by atoms with van der Waals surface area (Å²) in [6.45, 7) is 1.31. The van der Waals surface area contributed by atoms with Crippen molar-refractivity contribution < 1.29 is 27.1 Å². The predicted octanol–water partition coefficient (Wildman–Crippen LogP) is 3.41. The number of carbonyl (C=O) groups excluding carboxylic acids is 1. The largest absolute Gasteiger partial charge is 0.462 e. The summed E-state index contributed by atoms with van der Waals surface area (Å²) in [6, 6.07) is 5.15. The number of pyridine rings is 1. The Labute approximate surface area is 139 Å². The van der Waals surface area contributed by atoms with E-state index in [4.69, 9.17) is 5.73 Å². The molecule has 5 nitrogen and oxygen atoms in total. The van der Waals surface area contributed by atoms with E-state index in [1.165, 1.54) is 25.1 Å². The molecule has 9 heteroatoms. The van der Waals surface area contributed by atoms with E-state index in [1.54, 1.807) is 0 Å². The number of hydrogen-bond acceptors (Lipinski definition) is 5. The average Bonchev–Trinajstić information content (AvgIpc) is 2.54. The lowest BCUT2D eigenvalue weighted by molar-refractivity contribution is -0.138. The molecule has 0 unspecified atom stereocenters. The van der Waals surface area contributed by atoms with Gasteiger partial charge < -0.3 is 10.5 Å². The fourth-order valence-corrected chi connectivity index (χ4v) is 2.05. The highest BCUT2D eigenvalue weighted by molar-refractivity contribution is 6.23. The first kappa shape index (κ1) is 18.4. The maximum Gasteiger partial charge on any atom is 0.434 e. The summed E-state index contributed by atoms with van der Waals surface area (Å²) in [7, 11) is 0. The van der Waals surface area contributed by atoms with Crippen LogP contribution in [0, 0.1) is 5.82 Å². The molecule has 132 valence electrons. The fourth-order valence-electron chi connectivity index (χ4n) is 2.05. The van der Waals surface area contributed by atoms with Gasteiger partial charge in [0.15, 0.2) is 5.71 Å². The van der Waals surface area contributed by atoms with Crippen LogP contribution in [0.2, 0.25) is 0 Å². The molecule has 0 atom stereocenters. The molecule has 2 N–H and O–H groups in total. The van der Waals surface area contributed by atoms with E-state index in [0.717, 1.165) is 12.3 Å². The summed E-state index contributed by atoms with van der Waals surface area (Å²) in [5.41, 5.74) is 2.75. The standard InChI is InChI=1S/C16H13F4N3O2/c1-2-25-15(24)11(7-21)14(16(18,19)20)23-13-5-3-4-12-10(13)6-9(17)8-22-12/h3-8H,2,21H2,1H3. The summed E-state index contributed by atoms with van der Waals surface area (Å²) < 4.78 is 58.2. The van der Waals surface area contributed by atoms with Crippen molar-refractivity contribution in [1.82, 2.24) is 4.98 Å². The minimum absolute atomic E-state index is 0.0597. The molecule has 1 aromatic carbocycles. The lowest BCUT2D eigenvalue weighted by Gasteiger charge is -2.13. The number of nitrogens with zero attached hydrogens (tertiary/aromatic N) is 2. The monoisotopic (exact) mass is 355 g/mol. The van der Waals surface area contributed by atoms with Crippen LogP contribution in [0.3, 0.4) is 0 Å². The number of benzene rings is 1. The number of esters is 1. The van der Waals surface area contributed by atoms with Crippen molar-refractivity contribution in [3.05, 3.63) is 48.1 Å². The van der Waals surface area contributed by atoms with Gasteiger partial charge in [0, 0.05) is 11.6 Å². The highest BCUT2D eigenvalue weighted by Crippen LogP contribution is 2.30.